The predicted octanol–water partition coefficient (Wildman–Crippen LogP) is 2.87. The van der Waals surface area contributed by atoms with Gasteiger partial charge < -0.3 is 9.64 Å². The third-order valence-corrected chi connectivity index (χ3v) is 4.93. The third-order valence-electron chi connectivity index (χ3n) is 4.93. The van der Waals surface area contributed by atoms with Crippen LogP contribution in [0.4, 0.5) is 0 Å². The average Bonchev–Trinajstić information content (AvgIpc) is 2.86. The lowest BCUT2D eigenvalue weighted by molar-refractivity contribution is 0.238. The standard InChI is InChI=1S/C18H31N3O/c1-7-8-15-10-21(12-17(15)20(4)5)11-16-14(3)18(22-6)13(2)9-19-16/h9,15,17H,7-8,10-12H2,1-6H3/t15-,17-/m1/s1. The number of aryl methyl sites for hydroxylation is 1. The molecule has 124 valence electrons. The molecule has 0 N–H and O–H groups in total. The molecule has 2 atom stereocenters. The molecule has 1 fully saturated rings. The Morgan fingerprint density at radius 1 is 1.32 bits per heavy atom. The Kier molecular flexibility index (Phi) is 5.81. The van der Waals surface area contributed by atoms with Crippen LogP contribution in [0.3, 0.4) is 0 Å². The highest BCUT2D eigenvalue weighted by Gasteiger charge is 2.33. The van der Waals surface area contributed by atoms with Gasteiger partial charge in [0.15, 0.2) is 0 Å². The predicted molar refractivity (Wildman–Crippen MR) is 91.4 cm³/mol. The Balaban J connectivity index is 2.12. The first-order valence-electron chi connectivity index (χ1n) is 8.35. The van der Waals surface area contributed by atoms with Gasteiger partial charge in [0.2, 0.25) is 0 Å². The van der Waals surface area contributed by atoms with E-state index in [2.05, 4.69) is 49.7 Å². The van der Waals surface area contributed by atoms with Crippen LogP contribution in [0.2, 0.25) is 0 Å². The lowest BCUT2D eigenvalue weighted by atomic mass is 9.98. The van der Waals surface area contributed by atoms with Crippen molar-refractivity contribution < 1.29 is 4.74 Å². The fourth-order valence-electron chi connectivity index (χ4n) is 3.75. The molecule has 4 heteroatoms. The van der Waals surface area contributed by atoms with Gasteiger partial charge in [-0.3, -0.25) is 9.88 Å². The lowest BCUT2D eigenvalue weighted by Crippen LogP contribution is -2.35. The molecule has 1 aliphatic heterocycles. The smallest absolute Gasteiger partial charge is 0.128 e. The van der Waals surface area contributed by atoms with Gasteiger partial charge >= 0.3 is 0 Å². The van der Waals surface area contributed by atoms with Crippen molar-refractivity contribution in [1.82, 2.24) is 14.8 Å². The van der Waals surface area contributed by atoms with Crippen molar-refractivity contribution in [3.05, 3.63) is 23.0 Å². The topological polar surface area (TPSA) is 28.6 Å². The van der Waals surface area contributed by atoms with E-state index in [-0.39, 0.29) is 0 Å². The minimum Gasteiger partial charge on any atom is -0.496 e. The highest BCUT2D eigenvalue weighted by Crippen LogP contribution is 2.29. The van der Waals surface area contributed by atoms with Crippen LogP contribution >= 0.6 is 0 Å². The maximum atomic E-state index is 5.53. The van der Waals surface area contributed by atoms with Gasteiger partial charge in [0.05, 0.1) is 12.8 Å². The first-order valence-corrected chi connectivity index (χ1v) is 8.35. The second kappa shape index (κ2) is 7.42. The summed E-state index contributed by atoms with van der Waals surface area (Å²) in [5.74, 6) is 1.76. The summed E-state index contributed by atoms with van der Waals surface area (Å²) in [4.78, 5) is 9.59. The van der Waals surface area contributed by atoms with Crippen molar-refractivity contribution >= 4 is 0 Å². The molecule has 0 spiro atoms. The summed E-state index contributed by atoms with van der Waals surface area (Å²) in [5.41, 5.74) is 3.44. The average molecular weight is 305 g/mol. The first kappa shape index (κ1) is 17.2. The monoisotopic (exact) mass is 305 g/mol. The number of nitrogens with zero attached hydrogens (tertiary/aromatic N) is 3. The zero-order valence-electron chi connectivity index (χ0n) is 15.0. The molecule has 4 nitrogen and oxygen atoms in total. The molecule has 0 aromatic carbocycles. The van der Waals surface area contributed by atoms with Gasteiger partial charge in [-0.25, -0.2) is 0 Å². The summed E-state index contributed by atoms with van der Waals surface area (Å²) in [7, 11) is 6.15. The fourth-order valence-corrected chi connectivity index (χ4v) is 3.75. The molecular weight excluding hydrogens is 274 g/mol. The maximum Gasteiger partial charge on any atom is 0.128 e. The number of rotatable bonds is 6. The molecular formula is C18H31N3O. The summed E-state index contributed by atoms with van der Waals surface area (Å²) in [6.07, 6.45) is 4.51. The fraction of sp³-hybridized carbons (Fsp3) is 0.722. The molecule has 0 bridgehead atoms. The van der Waals surface area contributed by atoms with E-state index in [1.807, 2.05) is 6.20 Å². The quantitative estimate of drug-likeness (QED) is 0.808. The highest BCUT2D eigenvalue weighted by atomic mass is 16.5. The SMILES string of the molecule is CCC[C@@H]1CN(Cc2ncc(C)c(OC)c2C)C[C@H]1N(C)C. The molecule has 1 aromatic heterocycles. The number of methoxy groups -OCH3 is 1. The summed E-state index contributed by atoms with van der Waals surface area (Å²) in [6, 6.07) is 0.660. The van der Waals surface area contributed by atoms with Gasteiger partial charge in [0.25, 0.3) is 0 Å². The van der Waals surface area contributed by atoms with Crippen molar-refractivity contribution in [1.29, 1.82) is 0 Å². The molecule has 0 unspecified atom stereocenters. The number of likely N-dealkylation sites (N-methyl/N-ethyl adjacent to an activating group) is 1. The first-order chi connectivity index (χ1) is 10.5. The molecule has 1 aromatic rings. The molecule has 0 amide bonds. The van der Waals surface area contributed by atoms with Crippen LogP contribution in [0.5, 0.6) is 5.75 Å². The Hall–Kier alpha value is -1.13. The largest absolute Gasteiger partial charge is 0.496 e. The van der Waals surface area contributed by atoms with Crippen LogP contribution < -0.4 is 4.74 Å². The van der Waals surface area contributed by atoms with E-state index < -0.39 is 0 Å². The van der Waals surface area contributed by atoms with Crippen molar-refractivity contribution in [3.8, 4) is 5.75 Å². The second-order valence-corrected chi connectivity index (χ2v) is 6.82. The summed E-state index contributed by atoms with van der Waals surface area (Å²) < 4.78 is 5.53. The molecule has 0 saturated carbocycles. The molecule has 0 aliphatic carbocycles. The van der Waals surface area contributed by atoms with Crippen LogP contribution in [0.1, 0.15) is 36.6 Å². The number of pyridine rings is 1. The van der Waals surface area contributed by atoms with Crippen LogP contribution in [-0.2, 0) is 6.54 Å². The Morgan fingerprint density at radius 2 is 2.05 bits per heavy atom. The Labute approximate surface area is 135 Å². The molecule has 2 rings (SSSR count). The minimum atomic E-state index is 0.660. The highest BCUT2D eigenvalue weighted by molar-refractivity contribution is 5.41. The summed E-state index contributed by atoms with van der Waals surface area (Å²) in [6.45, 7) is 9.69. The van der Waals surface area contributed by atoms with E-state index in [0.29, 0.717) is 6.04 Å². The minimum absolute atomic E-state index is 0.660. The molecule has 22 heavy (non-hydrogen) atoms. The van der Waals surface area contributed by atoms with Crippen molar-refractivity contribution in [3.63, 3.8) is 0 Å². The van der Waals surface area contributed by atoms with Crippen LogP contribution in [0.15, 0.2) is 6.20 Å². The number of hydrogen-bond donors (Lipinski definition) is 0. The molecule has 1 saturated heterocycles. The van der Waals surface area contributed by atoms with Gasteiger partial charge in [0, 0.05) is 43.0 Å². The number of hydrogen-bond acceptors (Lipinski definition) is 4. The van der Waals surface area contributed by atoms with E-state index >= 15 is 0 Å². The van der Waals surface area contributed by atoms with E-state index in [1.54, 1.807) is 7.11 Å². The normalized spacial score (nSPS) is 22.5. The van der Waals surface area contributed by atoms with Crippen molar-refractivity contribution in [2.75, 3.05) is 34.3 Å². The third kappa shape index (κ3) is 3.61. The summed E-state index contributed by atoms with van der Waals surface area (Å²) in [5, 5.41) is 0. The zero-order valence-corrected chi connectivity index (χ0v) is 15.0. The number of likely N-dealkylation sites (tertiary alicyclic amines) is 1. The Morgan fingerprint density at radius 3 is 2.64 bits per heavy atom. The van der Waals surface area contributed by atoms with E-state index in [9.17, 15) is 0 Å². The number of aromatic nitrogens is 1. The maximum absolute atomic E-state index is 5.53. The van der Waals surface area contributed by atoms with Gasteiger partial charge in [-0.1, -0.05) is 13.3 Å². The van der Waals surface area contributed by atoms with Gasteiger partial charge in [0.1, 0.15) is 5.75 Å². The van der Waals surface area contributed by atoms with Crippen LogP contribution in [0, 0.1) is 19.8 Å². The molecule has 1 aliphatic rings. The van der Waals surface area contributed by atoms with Gasteiger partial charge in [-0.05, 0) is 40.3 Å². The molecule has 0 radical (unpaired) electrons. The number of ether oxygens (including phenoxy) is 1. The van der Waals surface area contributed by atoms with E-state index in [1.165, 1.54) is 24.9 Å². The summed E-state index contributed by atoms with van der Waals surface area (Å²) >= 11 is 0. The Bertz CT molecular complexity index is 501. The van der Waals surface area contributed by atoms with Crippen molar-refractivity contribution in [2.45, 2.75) is 46.2 Å². The van der Waals surface area contributed by atoms with E-state index in [0.717, 1.165) is 36.0 Å². The van der Waals surface area contributed by atoms with E-state index in [4.69, 9.17) is 4.74 Å². The molecule has 2 heterocycles. The zero-order chi connectivity index (χ0) is 16.3. The van der Waals surface area contributed by atoms with Crippen LogP contribution in [-0.4, -0.2) is 55.1 Å². The van der Waals surface area contributed by atoms with Crippen LogP contribution in [0.25, 0.3) is 0 Å². The van der Waals surface area contributed by atoms with Crippen molar-refractivity contribution in [2.24, 2.45) is 5.92 Å². The van der Waals surface area contributed by atoms with Gasteiger partial charge in [-0.2, -0.15) is 0 Å². The van der Waals surface area contributed by atoms with Gasteiger partial charge in [-0.15, -0.1) is 0 Å². The lowest BCUT2D eigenvalue weighted by Gasteiger charge is -2.24. The second-order valence-electron chi connectivity index (χ2n) is 6.82.